The first-order valence-electron chi connectivity index (χ1n) is 10.9. The molecule has 1 unspecified atom stereocenters. The molecule has 2 heterocycles. The zero-order chi connectivity index (χ0) is 23.0. The van der Waals surface area contributed by atoms with Crippen molar-refractivity contribution in [1.29, 1.82) is 0 Å². The smallest absolute Gasteiger partial charge is 0.244 e. The zero-order valence-electron chi connectivity index (χ0n) is 18.3. The third-order valence-corrected chi connectivity index (χ3v) is 8.25. The van der Waals surface area contributed by atoms with Crippen molar-refractivity contribution in [2.75, 3.05) is 25.4 Å². The summed E-state index contributed by atoms with van der Waals surface area (Å²) in [5.41, 5.74) is 0.642. The van der Waals surface area contributed by atoms with E-state index in [9.17, 15) is 18.3 Å². The first-order chi connectivity index (χ1) is 15.4. The molecule has 0 amide bonds. The number of ketones is 1. The molecule has 0 bridgehead atoms. The van der Waals surface area contributed by atoms with Crippen LogP contribution in [0.2, 0.25) is 0 Å². The fourth-order valence-corrected chi connectivity index (χ4v) is 5.61. The van der Waals surface area contributed by atoms with Gasteiger partial charge in [-0.25, -0.2) is 13.4 Å². The highest BCUT2D eigenvalue weighted by atomic mass is 32.2. The summed E-state index contributed by atoms with van der Waals surface area (Å²) < 4.78 is 32.8. The van der Waals surface area contributed by atoms with Crippen molar-refractivity contribution in [3.8, 4) is 5.75 Å². The van der Waals surface area contributed by atoms with E-state index in [1.165, 1.54) is 18.0 Å². The number of hydrogen-bond acceptors (Lipinski definition) is 7. The Morgan fingerprint density at radius 1 is 1.12 bits per heavy atom. The van der Waals surface area contributed by atoms with Crippen molar-refractivity contribution in [1.82, 2.24) is 9.29 Å². The van der Waals surface area contributed by atoms with Gasteiger partial charge < -0.3 is 9.84 Å². The SMILES string of the molecule is CCC(=O)c1ccc(OCC(O)CSc2ccc(S(=O)(=O)N3CCCCCC3)cn2)cc1. The van der Waals surface area contributed by atoms with E-state index in [1.807, 2.05) is 6.92 Å². The van der Waals surface area contributed by atoms with Crippen LogP contribution in [0, 0.1) is 0 Å². The van der Waals surface area contributed by atoms with Crippen molar-refractivity contribution in [2.45, 2.75) is 55.1 Å². The van der Waals surface area contributed by atoms with E-state index in [2.05, 4.69) is 4.98 Å². The minimum absolute atomic E-state index is 0.0748. The number of thioether (sulfide) groups is 1. The van der Waals surface area contributed by atoms with E-state index >= 15 is 0 Å². The third kappa shape index (κ3) is 6.78. The lowest BCUT2D eigenvalue weighted by Crippen LogP contribution is -2.32. The Balaban J connectivity index is 1.47. The van der Waals surface area contributed by atoms with E-state index in [4.69, 9.17) is 4.74 Å². The first kappa shape index (κ1) is 24.7. The molecule has 2 aromatic rings. The van der Waals surface area contributed by atoms with Gasteiger partial charge in [0.25, 0.3) is 0 Å². The van der Waals surface area contributed by atoms with E-state index in [1.54, 1.807) is 40.7 Å². The number of aliphatic hydroxyl groups excluding tert-OH is 1. The van der Waals surface area contributed by atoms with Crippen molar-refractivity contribution in [3.63, 3.8) is 0 Å². The molecule has 7 nitrogen and oxygen atoms in total. The van der Waals surface area contributed by atoms with Gasteiger partial charge in [0, 0.05) is 37.0 Å². The normalized spacial score (nSPS) is 16.3. The van der Waals surface area contributed by atoms with Gasteiger partial charge in [-0.15, -0.1) is 11.8 Å². The fourth-order valence-electron chi connectivity index (χ4n) is 3.40. The predicted molar refractivity (Wildman–Crippen MR) is 125 cm³/mol. The van der Waals surface area contributed by atoms with Crippen LogP contribution in [0.25, 0.3) is 0 Å². The molecule has 1 aromatic heterocycles. The molecule has 1 N–H and O–H groups in total. The summed E-state index contributed by atoms with van der Waals surface area (Å²) in [6.07, 6.45) is 5.04. The molecule has 32 heavy (non-hydrogen) atoms. The Hall–Kier alpha value is -1.94. The van der Waals surface area contributed by atoms with E-state index in [0.29, 0.717) is 41.6 Å². The largest absolute Gasteiger partial charge is 0.491 e. The van der Waals surface area contributed by atoms with Gasteiger partial charge in [0.2, 0.25) is 10.0 Å². The maximum atomic E-state index is 12.8. The lowest BCUT2D eigenvalue weighted by atomic mass is 10.1. The summed E-state index contributed by atoms with van der Waals surface area (Å²) in [6, 6.07) is 10.1. The average molecular weight is 479 g/mol. The summed E-state index contributed by atoms with van der Waals surface area (Å²) in [5, 5.41) is 10.8. The molecule has 1 aliphatic rings. The maximum absolute atomic E-state index is 12.8. The predicted octanol–water partition coefficient (Wildman–Crippen LogP) is 3.77. The lowest BCUT2D eigenvalue weighted by Gasteiger charge is -2.19. The van der Waals surface area contributed by atoms with Gasteiger partial charge in [-0.2, -0.15) is 4.31 Å². The number of nitrogens with zero attached hydrogens (tertiary/aromatic N) is 2. The van der Waals surface area contributed by atoms with Gasteiger partial charge in [0.15, 0.2) is 5.78 Å². The van der Waals surface area contributed by atoms with Crippen LogP contribution < -0.4 is 4.74 Å². The van der Waals surface area contributed by atoms with Crippen LogP contribution in [0.4, 0.5) is 0 Å². The summed E-state index contributed by atoms with van der Waals surface area (Å²) in [7, 11) is -3.51. The molecule has 1 saturated heterocycles. The van der Waals surface area contributed by atoms with Gasteiger partial charge in [-0.3, -0.25) is 4.79 Å². The zero-order valence-corrected chi connectivity index (χ0v) is 19.9. The molecule has 0 radical (unpaired) electrons. The number of sulfonamides is 1. The number of hydrogen-bond donors (Lipinski definition) is 1. The van der Waals surface area contributed by atoms with Crippen molar-refractivity contribution >= 4 is 27.6 Å². The molecule has 3 rings (SSSR count). The summed E-state index contributed by atoms with van der Waals surface area (Å²) in [6.45, 7) is 3.04. The minimum Gasteiger partial charge on any atom is -0.491 e. The van der Waals surface area contributed by atoms with Crippen LogP contribution in [0.1, 0.15) is 49.4 Å². The highest BCUT2D eigenvalue weighted by molar-refractivity contribution is 7.99. The van der Waals surface area contributed by atoms with Crippen LogP contribution in [-0.4, -0.2) is 60.1 Å². The first-order valence-corrected chi connectivity index (χ1v) is 13.4. The van der Waals surface area contributed by atoms with Crippen LogP contribution >= 0.6 is 11.8 Å². The molecule has 0 saturated carbocycles. The minimum atomic E-state index is -3.51. The molecular weight excluding hydrogens is 448 g/mol. The third-order valence-electron chi connectivity index (χ3n) is 5.28. The number of pyridine rings is 1. The van der Waals surface area contributed by atoms with Crippen molar-refractivity contribution < 1.29 is 23.1 Å². The molecule has 1 fully saturated rings. The molecule has 174 valence electrons. The fraction of sp³-hybridized carbons (Fsp3) is 0.478. The van der Waals surface area contributed by atoms with E-state index in [-0.39, 0.29) is 17.3 Å². The van der Waals surface area contributed by atoms with Crippen LogP contribution in [0.3, 0.4) is 0 Å². The Morgan fingerprint density at radius 2 is 1.81 bits per heavy atom. The monoisotopic (exact) mass is 478 g/mol. The molecule has 1 atom stereocenters. The lowest BCUT2D eigenvalue weighted by molar-refractivity contribution is 0.0987. The van der Waals surface area contributed by atoms with Crippen LogP contribution in [0.5, 0.6) is 5.75 Å². The van der Waals surface area contributed by atoms with Crippen molar-refractivity contribution in [3.05, 3.63) is 48.2 Å². The molecule has 1 aliphatic heterocycles. The van der Waals surface area contributed by atoms with Gasteiger partial charge in [0.05, 0.1) is 11.1 Å². The molecule has 0 aliphatic carbocycles. The topological polar surface area (TPSA) is 96.8 Å². The highest BCUT2D eigenvalue weighted by Crippen LogP contribution is 2.23. The number of aliphatic hydroxyl groups is 1. The summed E-state index contributed by atoms with van der Waals surface area (Å²) in [5.74, 6) is 1.02. The highest BCUT2D eigenvalue weighted by Gasteiger charge is 2.25. The number of ether oxygens (including phenoxy) is 1. The van der Waals surface area contributed by atoms with E-state index < -0.39 is 16.1 Å². The van der Waals surface area contributed by atoms with Crippen LogP contribution in [0.15, 0.2) is 52.5 Å². The number of benzene rings is 1. The maximum Gasteiger partial charge on any atom is 0.244 e. The van der Waals surface area contributed by atoms with Gasteiger partial charge in [-0.1, -0.05) is 19.8 Å². The van der Waals surface area contributed by atoms with Gasteiger partial charge >= 0.3 is 0 Å². The van der Waals surface area contributed by atoms with Gasteiger partial charge in [0.1, 0.15) is 17.3 Å². The number of carbonyl (C=O) groups excluding carboxylic acids is 1. The summed E-state index contributed by atoms with van der Waals surface area (Å²) >= 11 is 1.34. The second-order valence-electron chi connectivity index (χ2n) is 7.73. The number of aromatic nitrogens is 1. The van der Waals surface area contributed by atoms with Crippen LogP contribution in [-0.2, 0) is 10.0 Å². The molecule has 9 heteroatoms. The molecular formula is C23H30N2O5S2. The van der Waals surface area contributed by atoms with Crippen molar-refractivity contribution in [2.24, 2.45) is 0 Å². The summed E-state index contributed by atoms with van der Waals surface area (Å²) in [4.78, 5) is 16.1. The Labute approximate surface area is 194 Å². The molecule has 0 spiro atoms. The standard InChI is InChI=1S/C23H30N2O5S2/c1-2-22(27)18-7-9-20(10-8-18)30-16-19(26)17-31-23-12-11-21(15-24-23)32(28,29)25-13-5-3-4-6-14-25/h7-12,15,19,26H,2-6,13-14,16-17H2,1H3. The van der Waals surface area contributed by atoms with E-state index in [0.717, 1.165) is 25.7 Å². The van der Waals surface area contributed by atoms with Gasteiger partial charge in [-0.05, 0) is 49.2 Å². The Bertz CT molecular complexity index is 970. The quantitative estimate of drug-likeness (QED) is 0.410. The second-order valence-corrected chi connectivity index (χ2v) is 10.7. The Morgan fingerprint density at radius 3 is 2.41 bits per heavy atom. The molecule has 1 aromatic carbocycles. The number of Topliss-reactive ketones (excluding diaryl/α,β-unsaturated/α-hetero) is 1. The second kappa shape index (κ2) is 11.8. The Kier molecular flexibility index (Phi) is 9.10. The number of carbonyl (C=O) groups is 1. The number of rotatable bonds is 10. The average Bonchev–Trinajstić information content (AvgIpc) is 3.12.